The summed E-state index contributed by atoms with van der Waals surface area (Å²) in [4.78, 5) is 10.4. The molecule has 2 heterocycles. The molecule has 2 aromatic carbocycles. The number of nitrogens with zero attached hydrogens (tertiary/aromatic N) is 4. The quantitative estimate of drug-likeness (QED) is 0.103. The van der Waals surface area contributed by atoms with E-state index in [9.17, 15) is 34.4 Å². The fraction of sp³-hybridized carbons (Fsp3) is 0.471. The minimum absolute atomic E-state index is 0.0702. The maximum atomic E-state index is 14.6. The Kier molecular flexibility index (Phi) is 14.8. The van der Waals surface area contributed by atoms with Gasteiger partial charge >= 0.3 is 0 Å². The zero-order valence-corrected chi connectivity index (χ0v) is 35.4. The average molecular weight is 902 g/mol. The fourth-order valence-electron chi connectivity index (χ4n) is 6.65. The van der Waals surface area contributed by atoms with E-state index in [2.05, 4.69) is 30.0 Å². The molecule has 6 rings (SSSR count). The van der Waals surface area contributed by atoms with Crippen LogP contribution in [0.4, 0.5) is 39.2 Å². The number of nitrogens with one attached hydrogen (secondary N) is 4. The Labute approximate surface area is 342 Å². The molecule has 12 nitrogen and oxygen atoms in total. The Balaban J connectivity index is 0.000000214. The highest BCUT2D eigenvalue weighted by molar-refractivity contribution is 7.93. The van der Waals surface area contributed by atoms with Gasteiger partial charge in [0, 0.05) is 47.3 Å². The first-order chi connectivity index (χ1) is 26.3. The molecule has 22 heteroatoms. The van der Waals surface area contributed by atoms with Gasteiger partial charge in [0.1, 0.15) is 33.8 Å². The van der Waals surface area contributed by atoms with Crippen molar-refractivity contribution in [1.29, 1.82) is 0 Å². The number of anilines is 4. The number of sulfonamides is 2. The lowest BCUT2D eigenvalue weighted by Crippen LogP contribution is -2.48. The molecule has 0 unspecified atom stereocenters. The lowest BCUT2D eigenvalue weighted by atomic mass is 9.88. The summed E-state index contributed by atoms with van der Waals surface area (Å²) in [5.74, 6) is -1.87. The summed E-state index contributed by atoms with van der Waals surface area (Å²) in [6.07, 6.45) is 3.81. The smallest absolute Gasteiger partial charge is 0.266 e. The van der Waals surface area contributed by atoms with Crippen molar-refractivity contribution in [1.82, 2.24) is 19.8 Å². The van der Waals surface area contributed by atoms with E-state index in [1.54, 1.807) is 10.8 Å². The molecule has 2 saturated carbocycles. The fourth-order valence-corrected chi connectivity index (χ4v) is 11.0. The average Bonchev–Trinajstić information content (AvgIpc) is 3.83. The number of hydrogen-bond acceptors (Lipinski definition) is 12. The van der Waals surface area contributed by atoms with Gasteiger partial charge in [0.15, 0.2) is 10.3 Å². The van der Waals surface area contributed by atoms with Crippen LogP contribution < -0.4 is 20.1 Å². The molecule has 6 atom stereocenters. The Hall–Kier alpha value is -2.98. The topological polar surface area (TPSA) is 149 Å². The molecule has 4 N–H and O–H groups in total. The monoisotopic (exact) mass is 900 g/mol. The lowest BCUT2D eigenvalue weighted by Gasteiger charge is -2.38. The van der Waals surface area contributed by atoms with Gasteiger partial charge in [-0.3, -0.25) is 9.44 Å². The summed E-state index contributed by atoms with van der Waals surface area (Å²) in [6.45, 7) is 0. The first kappa shape index (κ1) is 44.1. The van der Waals surface area contributed by atoms with E-state index in [1.165, 1.54) is 12.4 Å². The van der Waals surface area contributed by atoms with Crippen LogP contribution in [0, 0.1) is 11.6 Å². The van der Waals surface area contributed by atoms with E-state index in [-0.39, 0.29) is 55.9 Å². The second-order valence-electron chi connectivity index (χ2n) is 13.8. The number of rotatable bonds is 12. The molecule has 0 aliphatic heterocycles. The molecule has 2 aliphatic carbocycles. The van der Waals surface area contributed by atoms with Gasteiger partial charge in [-0.2, -0.15) is 0 Å². The first-order valence-electron chi connectivity index (χ1n) is 17.3. The molecule has 2 aromatic heterocycles. The molecule has 308 valence electrons. The summed E-state index contributed by atoms with van der Waals surface area (Å²) in [7, 11) is -0.887. The van der Waals surface area contributed by atoms with Gasteiger partial charge in [0.05, 0.1) is 21.4 Å². The second-order valence-corrected chi connectivity index (χ2v) is 19.7. The van der Waals surface area contributed by atoms with E-state index < -0.39 is 53.8 Å². The SMILES string of the molecule is CN(C)[C@H]1C[C@@H](F)CC[C@@H]1Nc1cc(F)c(S(=O)(=O)Nc2nccs2)cc1Cl.CN(C)[C@H]1C[C@H](F)CC[C@@H]1Nc1cc(F)c(S(=O)(=O)Nc2nccs2)cc1Cl. The standard InChI is InChI=1S/2C17H21ClF2N4O2S2/c2*1-24(2)15-7-10(19)3-4-13(15)22-14-9-12(20)16(8-11(14)18)28(25,26)23-17-21-5-6-27-17/h2*5-6,8-10,13,15,22H,3-4,7H2,1-2H3,(H,21,23)/t10-,13+,15+;10-,13-,15-/m10/s1. The zero-order chi connectivity index (χ0) is 40.9. The van der Waals surface area contributed by atoms with E-state index in [4.69, 9.17) is 23.2 Å². The van der Waals surface area contributed by atoms with Crippen molar-refractivity contribution in [3.8, 4) is 0 Å². The summed E-state index contributed by atoms with van der Waals surface area (Å²) in [5, 5.41) is 9.93. The van der Waals surface area contributed by atoms with Crippen LogP contribution in [0.5, 0.6) is 0 Å². The normalized spacial score (nSPS) is 23.0. The van der Waals surface area contributed by atoms with Crippen molar-refractivity contribution in [2.75, 3.05) is 48.3 Å². The molecule has 2 aliphatic rings. The molecule has 0 amide bonds. The third kappa shape index (κ3) is 11.1. The van der Waals surface area contributed by atoms with Crippen molar-refractivity contribution in [3.63, 3.8) is 0 Å². The molecular formula is C34H42Cl2F4N8O4S4. The van der Waals surface area contributed by atoms with Crippen molar-refractivity contribution >= 4 is 87.6 Å². The highest BCUT2D eigenvalue weighted by atomic mass is 35.5. The highest BCUT2D eigenvalue weighted by Crippen LogP contribution is 2.35. The largest absolute Gasteiger partial charge is 0.379 e. The van der Waals surface area contributed by atoms with Crippen LogP contribution >= 0.6 is 45.9 Å². The Morgan fingerprint density at radius 2 is 1.04 bits per heavy atom. The first-order valence-corrected chi connectivity index (χ1v) is 22.8. The van der Waals surface area contributed by atoms with Crippen molar-refractivity contribution < 1.29 is 34.4 Å². The van der Waals surface area contributed by atoms with Crippen LogP contribution in [0.25, 0.3) is 0 Å². The van der Waals surface area contributed by atoms with Crippen LogP contribution in [-0.4, -0.2) is 101 Å². The number of hydrogen-bond donors (Lipinski definition) is 4. The van der Waals surface area contributed by atoms with Crippen LogP contribution in [0.15, 0.2) is 57.2 Å². The molecule has 56 heavy (non-hydrogen) atoms. The third-order valence-corrected chi connectivity index (χ3v) is 14.4. The van der Waals surface area contributed by atoms with Gasteiger partial charge in [0.25, 0.3) is 20.0 Å². The predicted octanol–water partition coefficient (Wildman–Crippen LogP) is 7.94. The van der Waals surface area contributed by atoms with Gasteiger partial charge in [-0.05, 0) is 91.0 Å². The van der Waals surface area contributed by atoms with Gasteiger partial charge in [-0.25, -0.2) is 44.4 Å². The minimum atomic E-state index is -4.16. The predicted molar refractivity (Wildman–Crippen MR) is 216 cm³/mol. The molecule has 0 saturated heterocycles. The molecule has 2 fully saturated rings. The summed E-state index contributed by atoms with van der Waals surface area (Å²) in [5.41, 5.74) is 0.558. The minimum Gasteiger partial charge on any atom is -0.379 e. The van der Waals surface area contributed by atoms with Gasteiger partial charge < -0.3 is 20.4 Å². The Morgan fingerprint density at radius 1 is 0.661 bits per heavy atom. The number of likely N-dealkylation sites (N-methyl/N-ethyl adjacent to an activating group) is 2. The van der Waals surface area contributed by atoms with Gasteiger partial charge in [-0.1, -0.05) is 23.2 Å². The van der Waals surface area contributed by atoms with Crippen LogP contribution in [-0.2, 0) is 20.0 Å². The summed E-state index contributed by atoms with van der Waals surface area (Å²) >= 11 is 14.6. The molecule has 0 radical (unpaired) electrons. The Bertz CT molecular complexity index is 2000. The molecule has 0 bridgehead atoms. The maximum Gasteiger partial charge on any atom is 0.266 e. The van der Waals surface area contributed by atoms with E-state index in [0.29, 0.717) is 38.5 Å². The van der Waals surface area contributed by atoms with Crippen LogP contribution in [0.3, 0.4) is 0 Å². The Morgan fingerprint density at radius 3 is 1.36 bits per heavy atom. The summed E-state index contributed by atoms with van der Waals surface area (Å²) < 4.78 is 111. The molecule has 0 spiro atoms. The second kappa shape index (κ2) is 18.7. The molecule has 4 aromatic rings. The number of thiazole rings is 2. The number of alkyl halides is 2. The van der Waals surface area contributed by atoms with Crippen molar-refractivity contribution in [2.24, 2.45) is 0 Å². The number of aromatic nitrogens is 2. The lowest BCUT2D eigenvalue weighted by molar-refractivity contribution is 0.139. The van der Waals surface area contributed by atoms with Crippen LogP contribution in [0.2, 0.25) is 10.0 Å². The van der Waals surface area contributed by atoms with Gasteiger partial charge in [0.2, 0.25) is 0 Å². The molecular weight excluding hydrogens is 860 g/mol. The summed E-state index contributed by atoms with van der Waals surface area (Å²) in [6, 6.07) is 3.83. The van der Waals surface area contributed by atoms with E-state index in [1.807, 2.05) is 38.0 Å². The van der Waals surface area contributed by atoms with E-state index >= 15 is 0 Å². The highest BCUT2D eigenvalue weighted by Gasteiger charge is 2.34. The zero-order valence-electron chi connectivity index (χ0n) is 30.6. The van der Waals surface area contributed by atoms with Crippen molar-refractivity contribution in [3.05, 3.63) is 69.1 Å². The van der Waals surface area contributed by atoms with Crippen LogP contribution in [0.1, 0.15) is 38.5 Å². The van der Waals surface area contributed by atoms with E-state index in [0.717, 1.165) is 46.9 Å². The number of halogens is 6. The van der Waals surface area contributed by atoms with Crippen molar-refractivity contribution in [2.45, 2.75) is 84.8 Å². The number of benzene rings is 2. The maximum absolute atomic E-state index is 14.6. The van der Waals surface area contributed by atoms with Gasteiger partial charge in [-0.15, -0.1) is 22.7 Å². The third-order valence-electron chi connectivity index (χ3n) is 9.44.